The summed E-state index contributed by atoms with van der Waals surface area (Å²) in [5.74, 6) is -0.163. The fourth-order valence-corrected chi connectivity index (χ4v) is 2.08. The van der Waals surface area contributed by atoms with Gasteiger partial charge in [-0.25, -0.2) is 13.6 Å². The van der Waals surface area contributed by atoms with Crippen LogP contribution in [0.1, 0.15) is 12.8 Å². The van der Waals surface area contributed by atoms with Gasteiger partial charge in [0.1, 0.15) is 6.20 Å². The van der Waals surface area contributed by atoms with E-state index in [-0.39, 0.29) is 11.9 Å². The summed E-state index contributed by atoms with van der Waals surface area (Å²) in [6.45, 7) is 0. The van der Waals surface area contributed by atoms with E-state index in [0.29, 0.717) is 0 Å². The molecule has 2 rings (SSSR count). The third-order valence-corrected chi connectivity index (χ3v) is 3.12. The molecule has 0 amide bonds. The summed E-state index contributed by atoms with van der Waals surface area (Å²) < 4.78 is 27.9. The molecule has 0 spiro atoms. The van der Waals surface area contributed by atoms with Crippen molar-refractivity contribution in [2.24, 2.45) is 5.14 Å². The molecule has 0 unspecified atom stereocenters. The molecule has 92 valence electrons. The number of aromatic nitrogens is 1. The van der Waals surface area contributed by atoms with E-state index in [9.17, 15) is 18.5 Å². The number of nitrogens with zero attached hydrogens (tertiary/aromatic N) is 2. The molecule has 1 fully saturated rings. The van der Waals surface area contributed by atoms with E-state index >= 15 is 0 Å². The summed E-state index contributed by atoms with van der Waals surface area (Å²) in [5, 5.41) is 15.7. The van der Waals surface area contributed by atoms with Crippen molar-refractivity contribution < 1.29 is 18.1 Å². The number of sulfonamides is 1. The molecule has 0 atom stereocenters. The van der Waals surface area contributed by atoms with E-state index in [0.717, 1.165) is 25.2 Å². The van der Waals surface area contributed by atoms with Crippen LogP contribution in [-0.4, -0.2) is 24.4 Å². The van der Waals surface area contributed by atoms with Crippen molar-refractivity contribution in [2.75, 3.05) is 0 Å². The molecule has 2 N–H and O–H groups in total. The third-order valence-electron chi connectivity index (χ3n) is 2.14. The molecule has 1 aliphatic carbocycles. The molecular weight excluding hydrogens is 250 g/mol. The van der Waals surface area contributed by atoms with Gasteiger partial charge in [-0.3, -0.25) is 15.1 Å². The average molecular weight is 259 g/mol. The topological polar surface area (TPSA) is 125 Å². The van der Waals surface area contributed by atoms with Gasteiger partial charge in [0, 0.05) is 0 Å². The van der Waals surface area contributed by atoms with Crippen LogP contribution in [0.15, 0.2) is 17.3 Å². The van der Waals surface area contributed by atoms with Crippen LogP contribution in [0.5, 0.6) is 5.75 Å². The lowest BCUT2D eigenvalue weighted by molar-refractivity contribution is -0.388. The van der Waals surface area contributed by atoms with Gasteiger partial charge in [0.25, 0.3) is 0 Å². The van der Waals surface area contributed by atoms with Crippen molar-refractivity contribution in [3.05, 3.63) is 22.5 Å². The zero-order chi connectivity index (χ0) is 12.6. The molecule has 1 saturated carbocycles. The second kappa shape index (κ2) is 3.93. The van der Waals surface area contributed by atoms with Crippen molar-refractivity contribution in [3.8, 4) is 5.75 Å². The molecule has 0 aliphatic heterocycles. The molecule has 0 bridgehead atoms. The molecule has 1 aromatic heterocycles. The largest absolute Gasteiger partial charge is 0.487 e. The molecule has 0 radical (unpaired) electrons. The normalized spacial score (nSPS) is 15.6. The highest BCUT2D eigenvalue weighted by Gasteiger charge is 2.32. The summed E-state index contributed by atoms with van der Waals surface area (Å²) in [4.78, 5) is 12.8. The Morgan fingerprint density at radius 1 is 1.47 bits per heavy atom. The maximum absolute atomic E-state index is 11.3. The van der Waals surface area contributed by atoms with E-state index in [4.69, 9.17) is 9.88 Å². The molecule has 8 nitrogen and oxygen atoms in total. The highest BCUT2D eigenvalue weighted by Crippen LogP contribution is 2.34. The summed E-state index contributed by atoms with van der Waals surface area (Å²) in [6, 6.07) is 0. The first-order chi connectivity index (χ1) is 7.89. The maximum atomic E-state index is 11.3. The fourth-order valence-electron chi connectivity index (χ4n) is 1.28. The smallest absolute Gasteiger partial charge is 0.311 e. The first-order valence-corrected chi connectivity index (χ1v) is 6.26. The predicted octanol–water partition coefficient (Wildman–Crippen LogP) is 0.178. The molecule has 1 aromatic rings. The Labute approximate surface area is 96.6 Å². The molecule has 1 heterocycles. The van der Waals surface area contributed by atoms with Crippen molar-refractivity contribution in [2.45, 2.75) is 23.8 Å². The van der Waals surface area contributed by atoms with Gasteiger partial charge in [0.05, 0.1) is 17.2 Å². The zero-order valence-electron chi connectivity index (χ0n) is 8.57. The molecule has 17 heavy (non-hydrogen) atoms. The second-order valence-corrected chi connectivity index (χ2v) is 5.10. The van der Waals surface area contributed by atoms with E-state index in [1.54, 1.807) is 0 Å². The molecular formula is C8H9N3O5S. The van der Waals surface area contributed by atoms with Gasteiger partial charge < -0.3 is 4.74 Å². The maximum Gasteiger partial charge on any atom is 0.311 e. The highest BCUT2D eigenvalue weighted by molar-refractivity contribution is 7.89. The highest BCUT2D eigenvalue weighted by atomic mass is 32.2. The van der Waals surface area contributed by atoms with Crippen LogP contribution in [0.2, 0.25) is 0 Å². The van der Waals surface area contributed by atoms with E-state index in [1.165, 1.54) is 0 Å². The SMILES string of the molecule is NS(=O)(=O)c1c(OC2CC2)cncc1[N+](=O)[O-]. The monoisotopic (exact) mass is 259 g/mol. The number of ether oxygens (including phenoxy) is 1. The lowest BCUT2D eigenvalue weighted by Crippen LogP contribution is -2.16. The Morgan fingerprint density at radius 2 is 2.12 bits per heavy atom. The Kier molecular flexibility index (Phi) is 2.71. The van der Waals surface area contributed by atoms with Crippen LogP contribution >= 0.6 is 0 Å². The van der Waals surface area contributed by atoms with Gasteiger partial charge in [-0.1, -0.05) is 0 Å². The summed E-state index contributed by atoms with van der Waals surface area (Å²) in [5.41, 5.74) is -0.675. The van der Waals surface area contributed by atoms with Crippen molar-refractivity contribution >= 4 is 15.7 Å². The number of pyridine rings is 1. The summed E-state index contributed by atoms with van der Waals surface area (Å²) in [6.07, 6.45) is 3.41. The van der Waals surface area contributed by atoms with Gasteiger partial charge in [0.15, 0.2) is 5.75 Å². The Hall–Kier alpha value is -1.74. The minimum absolute atomic E-state index is 0.112. The number of nitrogens with two attached hydrogens (primary N) is 1. The minimum atomic E-state index is -4.23. The molecule has 1 aliphatic rings. The Balaban J connectivity index is 2.57. The number of nitro groups is 1. The quantitative estimate of drug-likeness (QED) is 0.607. The van der Waals surface area contributed by atoms with Gasteiger partial charge >= 0.3 is 5.69 Å². The van der Waals surface area contributed by atoms with Crippen molar-refractivity contribution in [3.63, 3.8) is 0 Å². The first-order valence-electron chi connectivity index (χ1n) is 4.71. The van der Waals surface area contributed by atoms with Gasteiger partial charge in [-0.05, 0) is 12.8 Å². The number of hydrogen-bond donors (Lipinski definition) is 1. The van der Waals surface area contributed by atoms with Gasteiger partial charge in [-0.2, -0.15) is 0 Å². The van der Waals surface area contributed by atoms with Crippen LogP contribution in [-0.2, 0) is 10.0 Å². The van der Waals surface area contributed by atoms with Gasteiger partial charge in [0.2, 0.25) is 14.9 Å². The van der Waals surface area contributed by atoms with Crippen molar-refractivity contribution in [1.82, 2.24) is 4.98 Å². The lowest BCUT2D eigenvalue weighted by atomic mass is 10.4. The summed E-state index contributed by atoms with van der Waals surface area (Å²) in [7, 11) is -4.23. The zero-order valence-corrected chi connectivity index (χ0v) is 9.38. The predicted molar refractivity (Wildman–Crippen MR) is 55.9 cm³/mol. The van der Waals surface area contributed by atoms with Crippen LogP contribution < -0.4 is 9.88 Å². The van der Waals surface area contributed by atoms with E-state index in [2.05, 4.69) is 4.98 Å². The Morgan fingerprint density at radius 3 is 2.59 bits per heavy atom. The first kappa shape index (κ1) is 11.7. The number of rotatable bonds is 4. The molecule has 0 aromatic carbocycles. The number of hydrogen-bond acceptors (Lipinski definition) is 6. The Bertz CT molecular complexity index is 567. The summed E-state index contributed by atoms with van der Waals surface area (Å²) >= 11 is 0. The average Bonchev–Trinajstić information content (AvgIpc) is 2.99. The van der Waals surface area contributed by atoms with Crippen LogP contribution in [0.25, 0.3) is 0 Å². The molecule has 9 heteroatoms. The van der Waals surface area contributed by atoms with E-state index < -0.39 is 25.5 Å². The standard InChI is InChI=1S/C8H9N3O5S/c9-17(14,15)8-6(11(12)13)3-10-4-7(8)16-5-1-2-5/h3-5H,1-2H2,(H2,9,14,15). The van der Waals surface area contributed by atoms with Crippen molar-refractivity contribution in [1.29, 1.82) is 0 Å². The van der Waals surface area contributed by atoms with Gasteiger partial charge in [-0.15, -0.1) is 0 Å². The number of primary sulfonamides is 1. The van der Waals surface area contributed by atoms with Crippen LogP contribution in [0.4, 0.5) is 5.69 Å². The van der Waals surface area contributed by atoms with Crippen LogP contribution in [0.3, 0.4) is 0 Å². The van der Waals surface area contributed by atoms with Crippen LogP contribution in [0, 0.1) is 10.1 Å². The fraction of sp³-hybridized carbons (Fsp3) is 0.375. The lowest BCUT2D eigenvalue weighted by Gasteiger charge is -2.08. The van der Waals surface area contributed by atoms with E-state index in [1.807, 2.05) is 0 Å². The second-order valence-electron chi connectivity index (χ2n) is 3.61. The minimum Gasteiger partial charge on any atom is -0.487 e. The third kappa shape index (κ3) is 2.50. The molecule has 0 saturated heterocycles.